The molecule has 1 unspecified atom stereocenters. The third kappa shape index (κ3) is 2.44. The fraction of sp³-hybridized carbons (Fsp3) is 1.00. The van der Waals surface area contributed by atoms with E-state index in [4.69, 9.17) is 5.11 Å². The summed E-state index contributed by atoms with van der Waals surface area (Å²) in [5, 5.41) is 18.8. The lowest BCUT2D eigenvalue weighted by atomic mass is 9.96. The average Bonchev–Trinajstić information content (AvgIpc) is 1.84. The van der Waals surface area contributed by atoms with Gasteiger partial charge in [-0.2, -0.15) is 0 Å². The van der Waals surface area contributed by atoms with Gasteiger partial charge >= 0.3 is 0 Å². The number of hydrogen-bond donors (Lipinski definition) is 2. The normalized spacial score (nSPS) is 18.6. The second-order valence-corrected chi connectivity index (χ2v) is 6.31. The molecule has 10 heavy (non-hydrogen) atoms. The highest BCUT2D eigenvalue weighted by atomic mass is 79.9. The number of aliphatic hydroxyl groups is 2. The fourth-order valence-corrected chi connectivity index (χ4v) is 2.08. The molecule has 5 heteroatoms. The summed E-state index contributed by atoms with van der Waals surface area (Å²) in [5.74, 6) is 0. The number of halogens is 3. The van der Waals surface area contributed by atoms with Crippen molar-refractivity contribution in [2.45, 2.75) is 10.3 Å². The van der Waals surface area contributed by atoms with Crippen LogP contribution in [-0.2, 0) is 0 Å². The van der Waals surface area contributed by atoms with Crippen LogP contribution in [0.1, 0.15) is 6.92 Å². The Hall–Kier alpha value is 1.36. The van der Waals surface area contributed by atoms with E-state index in [1.165, 1.54) is 0 Å². The van der Waals surface area contributed by atoms with Gasteiger partial charge in [-0.25, -0.2) is 0 Å². The van der Waals surface area contributed by atoms with Crippen LogP contribution >= 0.6 is 47.8 Å². The summed E-state index contributed by atoms with van der Waals surface area (Å²) in [6.07, 6.45) is 0. The molecule has 0 radical (unpaired) electrons. The molecule has 2 nitrogen and oxygen atoms in total. The van der Waals surface area contributed by atoms with E-state index in [0.717, 1.165) is 0 Å². The first-order valence-corrected chi connectivity index (χ1v) is 5.35. The van der Waals surface area contributed by atoms with E-state index in [9.17, 15) is 5.11 Å². The molecule has 0 rings (SSSR count). The van der Waals surface area contributed by atoms with Crippen molar-refractivity contribution in [2.75, 3.05) is 11.9 Å². The summed E-state index contributed by atoms with van der Waals surface area (Å²) >= 11 is 9.20. The molecule has 0 amide bonds. The van der Waals surface area contributed by atoms with E-state index in [-0.39, 0.29) is 6.61 Å². The molecule has 0 saturated carbocycles. The van der Waals surface area contributed by atoms with E-state index in [1.54, 1.807) is 6.92 Å². The van der Waals surface area contributed by atoms with Gasteiger partial charge in [-0.3, -0.25) is 0 Å². The standard InChI is InChI=1S/C5H9Br3O2/c1-4(2-6,3-9)5(7,8)10/h9-10H,2-3H2,1H3. The van der Waals surface area contributed by atoms with Crippen LogP contribution in [-0.4, -0.2) is 25.6 Å². The summed E-state index contributed by atoms with van der Waals surface area (Å²) in [5.41, 5.74) is -0.618. The third-order valence-electron chi connectivity index (χ3n) is 1.37. The zero-order chi connectivity index (χ0) is 8.41. The van der Waals surface area contributed by atoms with Gasteiger partial charge in [0.1, 0.15) is 0 Å². The summed E-state index contributed by atoms with van der Waals surface area (Å²) < 4.78 is -1.22. The quantitative estimate of drug-likeness (QED) is 0.769. The molecule has 0 bridgehead atoms. The molecule has 0 aromatic rings. The van der Waals surface area contributed by atoms with Crippen LogP contribution < -0.4 is 0 Å². The van der Waals surface area contributed by atoms with Gasteiger partial charge in [-0.1, -0.05) is 22.9 Å². The highest BCUT2D eigenvalue weighted by Crippen LogP contribution is 2.42. The van der Waals surface area contributed by atoms with E-state index in [1.807, 2.05) is 0 Å². The second-order valence-electron chi connectivity index (χ2n) is 2.39. The highest BCUT2D eigenvalue weighted by molar-refractivity contribution is 9.25. The first-order valence-electron chi connectivity index (χ1n) is 2.64. The minimum atomic E-state index is -1.22. The maximum absolute atomic E-state index is 9.38. The molecule has 0 aliphatic rings. The van der Waals surface area contributed by atoms with Crippen LogP contribution in [0.15, 0.2) is 0 Å². The van der Waals surface area contributed by atoms with Gasteiger partial charge in [0.15, 0.2) is 3.42 Å². The average molecular weight is 341 g/mol. The molecule has 0 heterocycles. The molecular weight excluding hydrogens is 332 g/mol. The van der Waals surface area contributed by atoms with Crippen molar-refractivity contribution in [2.24, 2.45) is 5.41 Å². The molecule has 0 aromatic heterocycles. The minimum Gasteiger partial charge on any atom is -0.396 e. The van der Waals surface area contributed by atoms with Crippen LogP contribution in [0.25, 0.3) is 0 Å². The van der Waals surface area contributed by atoms with Crippen molar-refractivity contribution in [3.05, 3.63) is 0 Å². The lowest BCUT2D eigenvalue weighted by Crippen LogP contribution is -2.40. The largest absolute Gasteiger partial charge is 0.396 e. The van der Waals surface area contributed by atoms with Crippen molar-refractivity contribution >= 4 is 47.8 Å². The Labute approximate surface area is 85.4 Å². The lowest BCUT2D eigenvalue weighted by Gasteiger charge is -2.33. The molecule has 0 aromatic carbocycles. The summed E-state index contributed by atoms with van der Waals surface area (Å²) in [4.78, 5) is 0. The topological polar surface area (TPSA) is 40.5 Å². The minimum absolute atomic E-state index is 0.106. The number of rotatable bonds is 3. The highest BCUT2D eigenvalue weighted by Gasteiger charge is 2.41. The predicted octanol–water partition coefficient (Wildman–Crippen LogP) is 1.82. The predicted molar refractivity (Wildman–Crippen MR) is 51.8 cm³/mol. The summed E-state index contributed by atoms with van der Waals surface area (Å²) in [6.45, 7) is 1.64. The Balaban J connectivity index is 4.33. The molecule has 2 N–H and O–H groups in total. The van der Waals surface area contributed by atoms with Crippen molar-refractivity contribution in [1.29, 1.82) is 0 Å². The smallest absolute Gasteiger partial charge is 0.183 e. The Morgan fingerprint density at radius 2 is 1.80 bits per heavy atom. The molecule has 0 spiro atoms. The van der Waals surface area contributed by atoms with Gasteiger partial charge in [0.05, 0.1) is 6.61 Å². The number of alkyl halides is 3. The maximum atomic E-state index is 9.38. The Bertz CT molecular complexity index is 106. The number of hydrogen-bond acceptors (Lipinski definition) is 2. The van der Waals surface area contributed by atoms with Crippen LogP contribution in [0.3, 0.4) is 0 Å². The molecule has 0 fully saturated rings. The van der Waals surface area contributed by atoms with E-state index in [2.05, 4.69) is 47.8 Å². The zero-order valence-corrected chi connectivity index (χ0v) is 10.2. The molecule has 62 valence electrons. The molecule has 0 saturated heterocycles. The van der Waals surface area contributed by atoms with Crippen molar-refractivity contribution in [1.82, 2.24) is 0 Å². The number of aliphatic hydroxyl groups excluding tert-OH is 1. The maximum Gasteiger partial charge on any atom is 0.183 e. The molecule has 0 aliphatic heterocycles. The molecular formula is C5H9Br3O2. The van der Waals surface area contributed by atoms with Crippen LogP contribution in [0.4, 0.5) is 0 Å². The van der Waals surface area contributed by atoms with Gasteiger partial charge in [0.25, 0.3) is 0 Å². The van der Waals surface area contributed by atoms with Gasteiger partial charge < -0.3 is 10.2 Å². The third-order valence-corrected chi connectivity index (χ3v) is 4.52. The van der Waals surface area contributed by atoms with Gasteiger partial charge in [-0.05, 0) is 31.9 Å². The summed E-state index contributed by atoms with van der Waals surface area (Å²) in [7, 11) is 0. The van der Waals surface area contributed by atoms with Crippen molar-refractivity contribution in [3.63, 3.8) is 0 Å². The first-order chi connectivity index (χ1) is 4.37. The van der Waals surface area contributed by atoms with Crippen LogP contribution in [0, 0.1) is 5.41 Å². The van der Waals surface area contributed by atoms with Gasteiger partial charge in [0, 0.05) is 10.7 Å². The monoisotopic (exact) mass is 338 g/mol. The Morgan fingerprint density at radius 1 is 1.40 bits per heavy atom. The van der Waals surface area contributed by atoms with Gasteiger partial charge in [-0.15, -0.1) is 0 Å². The van der Waals surface area contributed by atoms with E-state index >= 15 is 0 Å². The first kappa shape index (κ1) is 11.4. The van der Waals surface area contributed by atoms with Crippen molar-refractivity contribution < 1.29 is 10.2 Å². The second kappa shape index (κ2) is 3.85. The lowest BCUT2D eigenvalue weighted by molar-refractivity contribution is 0.0554. The van der Waals surface area contributed by atoms with Crippen LogP contribution in [0.2, 0.25) is 0 Å². The van der Waals surface area contributed by atoms with E-state index < -0.39 is 8.83 Å². The SMILES string of the molecule is CC(CO)(CBr)C(O)(Br)Br. The molecule has 1 atom stereocenters. The van der Waals surface area contributed by atoms with E-state index in [0.29, 0.717) is 5.33 Å². The molecule has 0 aliphatic carbocycles. The Morgan fingerprint density at radius 3 is 1.80 bits per heavy atom. The van der Waals surface area contributed by atoms with Crippen molar-refractivity contribution in [3.8, 4) is 0 Å². The van der Waals surface area contributed by atoms with Crippen LogP contribution in [0.5, 0.6) is 0 Å². The van der Waals surface area contributed by atoms with Gasteiger partial charge in [0.2, 0.25) is 0 Å². The zero-order valence-electron chi connectivity index (χ0n) is 5.44. The fourth-order valence-electron chi connectivity index (χ4n) is 0.218. The summed E-state index contributed by atoms with van der Waals surface area (Å²) in [6, 6.07) is 0. The Kier molecular flexibility index (Phi) is 4.37.